The molecule has 0 fully saturated rings. The van der Waals surface area contributed by atoms with Gasteiger partial charge in [-0.15, -0.1) is 0 Å². The van der Waals surface area contributed by atoms with Crippen LogP contribution in [0.4, 0.5) is 5.82 Å². The first-order chi connectivity index (χ1) is 9.63. The van der Waals surface area contributed by atoms with Gasteiger partial charge < -0.3 is 15.4 Å². The minimum atomic E-state index is -0.159. The lowest BCUT2D eigenvalue weighted by Crippen LogP contribution is -2.26. The Hall–Kier alpha value is -1.69. The quantitative estimate of drug-likeness (QED) is 0.673. The fourth-order valence-electron chi connectivity index (χ4n) is 1.58. The highest BCUT2D eigenvalue weighted by molar-refractivity contribution is 5.92. The summed E-state index contributed by atoms with van der Waals surface area (Å²) in [6.07, 6.45) is 3.24. The highest BCUT2D eigenvalue weighted by Gasteiger charge is 2.08. The van der Waals surface area contributed by atoms with Crippen LogP contribution in [0.15, 0.2) is 12.4 Å². The minimum absolute atomic E-state index is 0.159. The number of carbonyl (C=O) groups excluding carboxylic acids is 1. The van der Waals surface area contributed by atoms with Gasteiger partial charge in [-0.25, -0.2) is 9.97 Å². The van der Waals surface area contributed by atoms with Gasteiger partial charge in [-0.3, -0.25) is 4.79 Å². The largest absolute Gasteiger partial charge is 0.385 e. The first-order valence-corrected chi connectivity index (χ1v) is 6.96. The molecular weight excluding hydrogens is 256 g/mol. The molecule has 0 aliphatic heterocycles. The zero-order chi connectivity index (χ0) is 14.8. The van der Waals surface area contributed by atoms with E-state index in [1.165, 1.54) is 6.33 Å². The summed E-state index contributed by atoms with van der Waals surface area (Å²) in [4.78, 5) is 20.0. The topological polar surface area (TPSA) is 76.1 Å². The van der Waals surface area contributed by atoms with Crippen molar-refractivity contribution in [3.8, 4) is 0 Å². The Balaban J connectivity index is 2.43. The Bertz CT molecular complexity index is 410. The second-order valence-corrected chi connectivity index (χ2v) is 5.00. The molecule has 1 heterocycles. The lowest BCUT2D eigenvalue weighted by Gasteiger charge is -2.08. The Morgan fingerprint density at radius 3 is 2.85 bits per heavy atom. The molecule has 0 aliphatic carbocycles. The fraction of sp³-hybridized carbons (Fsp3) is 0.643. The Kier molecular flexibility index (Phi) is 7.57. The predicted molar refractivity (Wildman–Crippen MR) is 78.8 cm³/mol. The van der Waals surface area contributed by atoms with Gasteiger partial charge in [-0.05, 0) is 18.8 Å². The molecule has 6 heteroatoms. The number of carbonyl (C=O) groups is 1. The second-order valence-electron chi connectivity index (χ2n) is 5.00. The number of methoxy groups -OCH3 is 1. The number of amides is 1. The van der Waals surface area contributed by atoms with E-state index in [1.54, 1.807) is 13.2 Å². The van der Waals surface area contributed by atoms with Gasteiger partial charge in [-0.2, -0.15) is 0 Å². The molecule has 1 aromatic heterocycles. The molecule has 1 rings (SSSR count). The maximum Gasteiger partial charge on any atom is 0.270 e. The number of ether oxygens (including phenoxy) is 1. The zero-order valence-corrected chi connectivity index (χ0v) is 12.5. The second kappa shape index (κ2) is 9.25. The van der Waals surface area contributed by atoms with E-state index in [2.05, 4.69) is 34.4 Å². The predicted octanol–water partition coefficient (Wildman–Crippen LogP) is 1.70. The lowest BCUT2D eigenvalue weighted by atomic mass is 10.1. The van der Waals surface area contributed by atoms with Gasteiger partial charge in [0.2, 0.25) is 0 Å². The van der Waals surface area contributed by atoms with Gasteiger partial charge in [-0.1, -0.05) is 13.8 Å². The molecule has 0 unspecified atom stereocenters. The van der Waals surface area contributed by atoms with E-state index < -0.39 is 0 Å². The van der Waals surface area contributed by atoms with Gasteiger partial charge in [0.15, 0.2) is 0 Å². The number of rotatable bonds is 9. The molecule has 0 saturated carbocycles. The summed E-state index contributed by atoms with van der Waals surface area (Å²) in [5.74, 6) is 1.07. The van der Waals surface area contributed by atoms with Crippen LogP contribution in [0.2, 0.25) is 0 Å². The Morgan fingerprint density at radius 2 is 2.15 bits per heavy atom. The number of aromatic nitrogens is 2. The van der Waals surface area contributed by atoms with E-state index in [0.717, 1.165) is 19.4 Å². The summed E-state index contributed by atoms with van der Waals surface area (Å²) in [6, 6.07) is 1.66. The monoisotopic (exact) mass is 280 g/mol. The van der Waals surface area contributed by atoms with Crippen LogP contribution in [0.3, 0.4) is 0 Å². The molecule has 6 nitrogen and oxygen atoms in total. The molecule has 1 aromatic rings. The van der Waals surface area contributed by atoms with Gasteiger partial charge in [0.25, 0.3) is 5.91 Å². The number of anilines is 1. The van der Waals surface area contributed by atoms with E-state index >= 15 is 0 Å². The summed E-state index contributed by atoms with van der Waals surface area (Å²) in [5.41, 5.74) is 0.387. The fourth-order valence-corrected chi connectivity index (χ4v) is 1.58. The van der Waals surface area contributed by atoms with E-state index in [0.29, 0.717) is 30.6 Å². The average molecular weight is 280 g/mol. The summed E-state index contributed by atoms with van der Waals surface area (Å²) in [7, 11) is 1.67. The van der Waals surface area contributed by atoms with E-state index in [1.807, 2.05) is 0 Å². The van der Waals surface area contributed by atoms with Gasteiger partial charge in [0.1, 0.15) is 17.8 Å². The van der Waals surface area contributed by atoms with E-state index in [9.17, 15) is 4.79 Å². The first kappa shape index (κ1) is 16.4. The molecule has 0 atom stereocenters. The molecule has 112 valence electrons. The zero-order valence-electron chi connectivity index (χ0n) is 12.5. The van der Waals surface area contributed by atoms with Crippen LogP contribution in [0, 0.1) is 5.92 Å². The molecule has 0 aromatic carbocycles. The summed E-state index contributed by atoms with van der Waals surface area (Å²) in [6.45, 7) is 6.36. The number of hydrogen-bond donors (Lipinski definition) is 2. The van der Waals surface area contributed by atoms with Gasteiger partial charge >= 0.3 is 0 Å². The minimum Gasteiger partial charge on any atom is -0.385 e. The van der Waals surface area contributed by atoms with Crippen molar-refractivity contribution in [3.63, 3.8) is 0 Å². The van der Waals surface area contributed by atoms with Crippen LogP contribution in [0.1, 0.15) is 37.2 Å². The number of nitrogens with one attached hydrogen (secondary N) is 2. The van der Waals surface area contributed by atoms with Crippen LogP contribution in [0.25, 0.3) is 0 Å². The highest BCUT2D eigenvalue weighted by Crippen LogP contribution is 2.04. The molecular formula is C14H24N4O2. The van der Waals surface area contributed by atoms with E-state index in [-0.39, 0.29) is 5.91 Å². The van der Waals surface area contributed by atoms with Crippen LogP contribution >= 0.6 is 0 Å². The van der Waals surface area contributed by atoms with Crippen molar-refractivity contribution >= 4 is 11.7 Å². The van der Waals surface area contributed by atoms with Crippen LogP contribution < -0.4 is 10.6 Å². The molecule has 1 amide bonds. The third-order valence-corrected chi connectivity index (χ3v) is 2.74. The normalized spacial score (nSPS) is 10.6. The van der Waals surface area contributed by atoms with Gasteiger partial charge in [0, 0.05) is 32.9 Å². The third kappa shape index (κ3) is 6.47. The van der Waals surface area contributed by atoms with Crippen molar-refractivity contribution in [3.05, 3.63) is 18.1 Å². The highest BCUT2D eigenvalue weighted by atomic mass is 16.5. The first-order valence-electron chi connectivity index (χ1n) is 6.96. The van der Waals surface area contributed by atoms with E-state index in [4.69, 9.17) is 4.74 Å². The number of nitrogens with zero attached hydrogens (tertiary/aromatic N) is 2. The smallest absolute Gasteiger partial charge is 0.270 e. The summed E-state index contributed by atoms with van der Waals surface area (Å²) < 4.78 is 4.97. The van der Waals surface area contributed by atoms with Crippen molar-refractivity contribution in [2.45, 2.75) is 26.7 Å². The molecule has 20 heavy (non-hydrogen) atoms. The Labute approximate surface area is 120 Å². The van der Waals surface area contributed by atoms with Gasteiger partial charge in [0.05, 0.1) is 0 Å². The lowest BCUT2D eigenvalue weighted by molar-refractivity contribution is 0.0947. The molecule has 0 bridgehead atoms. The third-order valence-electron chi connectivity index (χ3n) is 2.74. The maximum absolute atomic E-state index is 11.9. The molecule has 0 aliphatic rings. The average Bonchev–Trinajstić information content (AvgIpc) is 2.43. The van der Waals surface area contributed by atoms with Crippen molar-refractivity contribution in [1.29, 1.82) is 0 Å². The van der Waals surface area contributed by atoms with Crippen molar-refractivity contribution in [1.82, 2.24) is 15.3 Å². The molecule has 0 spiro atoms. The number of hydrogen-bond acceptors (Lipinski definition) is 5. The standard InChI is InChI=1S/C14H24N4O2/c1-11(2)5-7-16-14(19)12-9-13(18-10-17-12)15-6-4-8-20-3/h9-11H,4-8H2,1-3H3,(H,16,19)(H,15,17,18). The summed E-state index contributed by atoms with van der Waals surface area (Å²) in [5, 5.41) is 5.99. The van der Waals surface area contributed by atoms with Crippen molar-refractivity contribution in [2.24, 2.45) is 5.92 Å². The van der Waals surface area contributed by atoms with Crippen LogP contribution in [0.5, 0.6) is 0 Å². The van der Waals surface area contributed by atoms with Crippen LogP contribution in [-0.2, 0) is 4.74 Å². The maximum atomic E-state index is 11.9. The van der Waals surface area contributed by atoms with Crippen LogP contribution in [-0.4, -0.2) is 42.7 Å². The molecule has 0 saturated heterocycles. The van der Waals surface area contributed by atoms with Crippen molar-refractivity contribution in [2.75, 3.05) is 32.1 Å². The van der Waals surface area contributed by atoms with Crippen molar-refractivity contribution < 1.29 is 9.53 Å². The molecule has 0 radical (unpaired) electrons. The summed E-state index contributed by atoms with van der Waals surface area (Å²) >= 11 is 0. The molecule has 2 N–H and O–H groups in total. The SMILES string of the molecule is COCCCNc1cc(C(=O)NCCC(C)C)ncn1. The Morgan fingerprint density at radius 1 is 1.35 bits per heavy atom.